The van der Waals surface area contributed by atoms with E-state index in [9.17, 15) is 5.11 Å². The van der Waals surface area contributed by atoms with Crippen LogP contribution in [0.15, 0.2) is 11.1 Å². The highest BCUT2D eigenvalue weighted by molar-refractivity contribution is 5.27. The Kier molecular flexibility index (Phi) is 11.1. The maximum absolute atomic E-state index is 10.3. The second kappa shape index (κ2) is 11.3. The summed E-state index contributed by atoms with van der Waals surface area (Å²) in [6, 6.07) is 0. The van der Waals surface area contributed by atoms with E-state index < -0.39 is 0 Å². The van der Waals surface area contributed by atoms with Gasteiger partial charge in [0.05, 0.1) is 6.10 Å². The van der Waals surface area contributed by atoms with E-state index in [0.29, 0.717) is 11.3 Å². The highest BCUT2D eigenvalue weighted by Gasteiger charge is 2.48. The summed E-state index contributed by atoms with van der Waals surface area (Å²) in [6.45, 7) is 17.4. The highest BCUT2D eigenvalue weighted by Crippen LogP contribution is 2.56. The van der Waals surface area contributed by atoms with Crippen LogP contribution >= 0.6 is 0 Å². The third-order valence-electron chi connectivity index (χ3n) is 5.72. The summed E-state index contributed by atoms with van der Waals surface area (Å²) in [7, 11) is 0. The van der Waals surface area contributed by atoms with Crippen LogP contribution in [0.25, 0.3) is 0 Å². The van der Waals surface area contributed by atoms with E-state index >= 15 is 0 Å². The molecule has 1 N–H and O–H groups in total. The molecule has 0 heterocycles. The fourth-order valence-corrected chi connectivity index (χ4v) is 4.59. The summed E-state index contributed by atoms with van der Waals surface area (Å²) < 4.78 is 0. The summed E-state index contributed by atoms with van der Waals surface area (Å²) in [5.41, 5.74) is 3.67. The maximum atomic E-state index is 10.3. The minimum absolute atomic E-state index is 0.0419. The zero-order chi connectivity index (χ0) is 18.0. The topological polar surface area (TPSA) is 20.2 Å². The van der Waals surface area contributed by atoms with E-state index in [1.54, 1.807) is 11.1 Å². The van der Waals surface area contributed by atoms with Gasteiger partial charge >= 0.3 is 0 Å². The molecule has 0 saturated heterocycles. The fraction of sp³-hybridized carbons (Fsp3) is 0.909. The first-order chi connectivity index (χ1) is 10.9. The second-order valence-corrected chi connectivity index (χ2v) is 7.57. The van der Waals surface area contributed by atoms with Gasteiger partial charge < -0.3 is 5.11 Å². The van der Waals surface area contributed by atoms with Crippen molar-refractivity contribution >= 4 is 0 Å². The van der Waals surface area contributed by atoms with Crippen molar-refractivity contribution in [3.63, 3.8) is 0 Å². The van der Waals surface area contributed by atoms with Crippen LogP contribution in [0.2, 0.25) is 0 Å². The Labute approximate surface area is 147 Å². The Bertz CT molecular complexity index is 342. The molecule has 23 heavy (non-hydrogen) atoms. The molecule has 138 valence electrons. The SMILES string of the molecule is C/C(CCCC(C)C)=C1\CCC2C(O)CCCC12C.CC.CC. The lowest BCUT2D eigenvalue weighted by atomic mass is 9.65. The second-order valence-electron chi connectivity index (χ2n) is 7.57. The molecule has 1 heteroatoms. The molecule has 2 aliphatic carbocycles. The van der Waals surface area contributed by atoms with Gasteiger partial charge in [-0.15, -0.1) is 0 Å². The molecule has 0 spiro atoms. The fourth-order valence-electron chi connectivity index (χ4n) is 4.59. The Balaban J connectivity index is 0.00000112. The van der Waals surface area contributed by atoms with Crippen molar-refractivity contribution in [3.8, 4) is 0 Å². The van der Waals surface area contributed by atoms with Crippen molar-refractivity contribution in [2.24, 2.45) is 17.3 Å². The van der Waals surface area contributed by atoms with Gasteiger partial charge in [-0.2, -0.15) is 0 Å². The highest BCUT2D eigenvalue weighted by atomic mass is 16.3. The largest absolute Gasteiger partial charge is 0.393 e. The van der Waals surface area contributed by atoms with Crippen LogP contribution in [0.5, 0.6) is 0 Å². The van der Waals surface area contributed by atoms with Crippen molar-refractivity contribution in [2.75, 3.05) is 0 Å². The number of hydrogen-bond acceptors (Lipinski definition) is 1. The molecule has 3 atom stereocenters. The smallest absolute Gasteiger partial charge is 0.0576 e. The van der Waals surface area contributed by atoms with Gasteiger partial charge in [0.25, 0.3) is 0 Å². The molecule has 2 fully saturated rings. The van der Waals surface area contributed by atoms with Gasteiger partial charge in [-0.3, -0.25) is 0 Å². The van der Waals surface area contributed by atoms with Crippen molar-refractivity contribution in [1.29, 1.82) is 0 Å². The van der Waals surface area contributed by atoms with Crippen LogP contribution < -0.4 is 0 Å². The number of hydrogen-bond donors (Lipinski definition) is 1. The van der Waals surface area contributed by atoms with Crippen molar-refractivity contribution in [2.45, 2.75) is 113 Å². The summed E-state index contributed by atoms with van der Waals surface area (Å²) in [6.07, 6.45) is 9.89. The van der Waals surface area contributed by atoms with E-state index in [1.807, 2.05) is 27.7 Å². The number of fused-ring (bicyclic) bond motifs is 1. The van der Waals surface area contributed by atoms with E-state index in [4.69, 9.17) is 0 Å². The van der Waals surface area contributed by atoms with Crippen LogP contribution in [0.3, 0.4) is 0 Å². The van der Waals surface area contributed by atoms with E-state index in [2.05, 4.69) is 27.7 Å². The van der Waals surface area contributed by atoms with Gasteiger partial charge in [0, 0.05) is 0 Å². The molecule has 0 amide bonds. The lowest BCUT2D eigenvalue weighted by Crippen LogP contribution is -2.37. The molecular weight excluding hydrogens is 280 g/mol. The van der Waals surface area contributed by atoms with Crippen molar-refractivity contribution in [3.05, 3.63) is 11.1 Å². The first-order valence-corrected chi connectivity index (χ1v) is 10.3. The molecular formula is C22H44O. The van der Waals surface area contributed by atoms with Crippen LogP contribution in [0.1, 0.15) is 107 Å². The number of aliphatic hydroxyl groups is 1. The normalized spacial score (nSPS) is 31.6. The van der Waals surface area contributed by atoms with Crippen molar-refractivity contribution in [1.82, 2.24) is 0 Å². The molecule has 2 saturated carbocycles. The first kappa shape index (κ1) is 22.7. The molecule has 2 rings (SSSR count). The quantitative estimate of drug-likeness (QED) is 0.545. The Morgan fingerprint density at radius 2 is 1.78 bits per heavy atom. The van der Waals surface area contributed by atoms with Crippen LogP contribution in [0, 0.1) is 17.3 Å². The van der Waals surface area contributed by atoms with Gasteiger partial charge in [-0.1, -0.05) is 66.0 Å². The van der Waals surface area contributed by atoms with Gasteiger partial charge in [0.15, 0.2) is 0 Å². The minimum Gasteiger partial charge on any atom is -0.393 e. The number of rotatable bonds is 4. The lowest BCUT2D eigenvalue weighted by molar-refractivity contribution is 0.0145. The van der Waals surface area contributed by atoms with E-state index in [1.165, 1.54) is 44.9 Å². The average Bonchev–Trinajstić information content (AvgIpc) is 2.89. The summed E-state index contributed by atoms with van der Waals surface area (Å²) >= 11 is 0. The van der Waals surface area contributed by atoms with Gasteiger partial charge in [0.1, 0.15) is 0 Å². The monoisotopic (exact) mass is 324 g/mol. The van der Waals surface area contributed by atoms with Gasteiger partial charge in [-0.25, -0.2) is 0 Å². The summed E-state index contributed by atoms with van der Waals surface area (Å²) in [4.78, 5) is 0. The molecule has 0 bridgehead atoms. The zero-order valence-electron chi connectivity index (χ0n) is 17.3. The molecule has 0 aliphatic heterocycles. The third kappa shape index (κ3) is 5.93. The minimum atomic E-state index is -0.0419. The van der Waals surface area contributed by atoms with E-state index in [0.717, 1.165) is 12.3 Å². The molecule has 0 aromatic rings. The number of allylic oxidation sites excluding steroid dienone is 2. The Morgan fingerprint density at radius 3 is 2.35 bits per heavy atom. The molecule has 0 radical (unpaired) electrons. The predicted molar refractivity (Wildman–Crippen MR) is 105 cm³/mol. The van der Waals surface area contributed by atoms with Crippen LogP contribution in [-0.4, -0.2) is 11.2 Å². The molecule has 3 unspecified atom stereocenters. The summed E-state index contributed by atoms with van der Waals surface area (Å²) in [5.74, 6) is 1.36. The number of aliphatic hydroxyl groups excluding tert-OH is 1. The standard InChI is InChI=1S/C18H32O.2C2H6/c1-13(2)7-5-8-14(3)15-10-11-16-17(19)9-6-12-18(15,16)4;2*1-2/h13,16-17,19H,5-12H2,1-4H3;2*1-2H3/b15-14-;;. The predicted octanol–water partition coefficient (Wildman–Crippen LogP) is 7.14. The Morgan fingerprint density at radius 1 is 1.17 bits per heavy atom. The third-order valence-corrected chi connectivity index (χ3v) is 5.72. The van der Waals surface area contributed by atoms with E-state index in [-0.39, 0.29) is 6.10 Å². The van der Waals surface area contributed by atoms with Crippen LogP contribution in [0.4, 0.5) is 0 Å². The molecule has 0 aromatic heterocycles. The van der Waals surface area contributed by atoms with Gasteiger partial charge in [0.2, 0.25) is 0 Å². The first-order valence-electron chi connectivity index (χ1n) is 10.3. The van der Waals surface area contributed by atoms with Crippen LogP contribution in [-0.2, 0) is 0 Å². The molecule has 2 aliphatic rings. The van der Waals surface area contributed by atoms with Crippen molar-refractivity contribution < 1.29 is 5.11 Å². The van der Waals surface area contributed by atoms with Gasteiger partial charge in [-0.05, 0) is 69.1 Å². The molecule has 1 nitrogen and oxygen atoms in total. The maximum Gasteiger partial charge on any atom is 0.0576 e. The lowest BCUT2D eigenvalue weighted by Gasteiger charge is -2.41. The zero-order valence-corrected chi connectivity index (χ0v) is 17.3. The molecule has 0 aromatic carbocycles. The summed E-state index contributed by atoms with van der Waals surface area (Å²) in [5, 5.41) is 10.3. The average molecular weight is 325 g/mol. The Hall–Kier alpha value is -0.300.